The van der Waals surface area contributed by atoms with Gasteiger partial charge in [-0.15, -0.1) is 0 Å². The molecule has 488 valence electrons. The zero-order valence-corrected chi connectivity index (χ0v) is 57.2. The molecule has 7 nitrogen and oxygen atoms in total. The Labute approximate surface area is 611 Å². The van der Waals surface area contributed by atoms with Crippen molar-refractivity contribution in [2.75, 3.05) is 9.80 Å². The molecule has 0 saturated heterocycles. The van der Waals surface area contributed by atoms with Gasteiger partial charge in [0.2, 0.25) is 0 Å². The van der Waals surface area contributed by atoms with Gasteiger partial charge in [0.25, 0.3) is 6.71 Å². The molecule has 16 aromatic carbocycles. The van der Waals surface area contributed by atoms with E-state index in [1.807, 2.05) is 24.3 Å². The predicted octanol–water partition coefficient (Wildman–Crippen LogP) is 23.2. The fourth-order valence-electron chi connectivity index (χ4n) is 18.1. The SMILES string of the molecule is N#Cc1ccc2c(c1)c1ccccc1n2-c1ccc2c(c1)N(c1c(-c3ccccc3)cccc1-c1ccccc1)c1cc(-c3ccc4c(c3)c3cccc5c6ccccc6n4c53)cc3c1B2c1ccc(-n2c4ccccc4c4cc(C#N)ccc42)cc1N3c1c(-c2ccccc2)cccc1-c1ccccc1. The van der Waals surface area contributed by atoms with Crippen LogP contribution in [0.1, 0.15) is 11.1 Å². The summed E-state index contributed by atoms with van der Waals surface area (Å²) in [6, 6.07) is 134. The molecule has 0 aliphatic carbocycles. The number of hydrogen-bond acceptors (Lipinski definition) is 4. The summed E-state index contributed by atoms with van der Waals surface area (Å²) in [6.07, 6.45) is 0. The van der Waals surface area contributed by atoms with E-state index in [9.17, 15) is 10.5 Å². The van der Waals surface area contributed by atoms with E-state index >= 15 is 0 Å². The second kappa shape index (κ2) is 23.0. The molecule has 0 unspecified atom stereocenters. The molecule has 0 N–H and O–H groups in total. The van der Waals surface area contributed by atoms with Gasteiger partial charge < -0.3 is 23.3 Å². The lowest BCUT2D eigenvalue weighted by atomic mass is 9.33. The van der Waals surface area contributed by atoms with E-state index in [4.69, 9.17) is 0 Å². The number of nitrogens with zero attached hydrogens (tertiary/aromatic N) is 7. The maximum absolute atomic E-state index is 10.4. The third-order valence-electron chi connectivity index (χ3n) is 22.6. The molecule has 22 rings (SSSR count). The summed E-state index contributed by atoms with van der Waals surface area (Å²) in [4.78, 5) is 5.28. The summed E-state index contributed by atoms with van der Waals surface area (Å²) in [5.41, 5.74) is 31.6. The number of para-hydroxylation sites is 6. The molecule has 0 bridgehead atoms. The minimum absolute atomic E-state index is 0.336. The summed E-state index contributed by atoms with van der Waals surface area (Å²) >= 11 is 0. The van der Waals surface area contributed by atoms with Crippen LogP contribution < -0.4 is 26.2 Å². The van der Waals surface area contributed by atoms with E-state index in [1.165, 1.54) is 38.0 Å². The van der Waals surface area contributed by atoms with Crippen LogP contribution in [-0.4, -0.2) is 20.2 Å². The van der Waals surface area contributed by atoms with Crippen molar-refractivity contribution in [2.24, 2.45) is 0 Å². The van der Waals surface area contributed by atoms with E-state index in [1.54, 1.807) is 0 Å². The standard InChI is InChI=1S/C98H58BN7/c100-59-61-42-49-88-80(52-61)76-31-14-16-39-85(76)102(88)69-45-47-83-91(57-69)105(96-71(63-22-5-1-6-23-63)33-19-34-72(96)64-24-7-2-8-25-64)93-55-68(67-44-51-90-82(54-67)79-38-21-37-78-75-30-13-18-41-87(75)104(90)98(78)79)56-94-95(93)99(83)84-48-46-70(103-86-40-17-15-32-77(86)81-53-62(60-101)43-50-89(81)103)58-92(84)106(94)97-73(65-26-9-3-10-27-65)35-20-36-74(97)66-28-11-4-12-29-66/h1-58H. The molecule has 106 heavy (non-hydrogen) atoms. The lowest BCUT2D eigenvalue weighted by Crippen LogP contribution is -2.61. The van der Waals surface area contributed by atoms with Gasteiger partial charge in [0, 0.05) is 99.5 Å². The number of aromatic nitrogens is 3. The maximum Gasteiger partial charge on any atom is 0.252 e. The summed E-state index contributed by atoms with van der Waals surface area (Å²) < 4.78 is 7.27. The smallest absolute Gasteiger partial charge is 0.252 e. The number of hydrogen-bond donors (Lipinski definition) is 0. The number of rotatable bonds is 9. The average Bonchev–Trinajstić information content (AvgIpc) is 0.865. The molecule has 2 aliphatic rings. The first-order chi connectivity index (χ1) is 52.5. The second-order valence-electron chi connectivity index (χ2n) is 28.1. The van der Waals surface area contributed by atoms with Gasteiger partial charge in [0.15, 0.2) is 0 Å². The minimum atomic E-state index is -0.336. The lowest BCUT2D eigenvalue weighted by Gasteiger charge is -2.46. The summed E-state index contributed by atoms with van der Waals surface area (Å²) in [5, 5.41) is 29.9. The van der Waals surface area contributed by atoms with Crippen molar-refractivity contribution >= 4 is 139 Å². The Morgan fingerprint density at radius 3 is 1.06 bits per heavy atom. The van der Waals surface area contributed by atoms with Gasteiger partial charge in [-0.05, 0) is 153 Å². The number of anilines is 6. The van der Waals surface area contributed by atoms with Gasteiger partial charge in [-0.3, -0.25) is 0 Å². The fraction of sp³-hybridized carbons (Fsp3) is 0. The monoisotopic (exact) mass is 1340 g/mol. The van der Waals surface area contributed by atoms with Crippen LogP contribution in [0.3, 0.4) is 0 Å². The van der Waals surface area contributed by atoms with Crippen molar-refractivity contribution in [3.8, 4) is 79.1 Å². The zero-order chi connectivity index (χ0) is 69.8. The van der Waals surface area contributed by atoms with E-state index in [0.29, 0.717) is 11.1 Å². The lowest BCUT2D eigenvalue weighted by molar-refractivity contribution is 1.17. The Hall–Kier alpha value is -14.4. The van der Waals surface area contributed by atoms with Crippen LogP contribution in [0, 0.1) is 22.7 Å². The zero-order valence-electron chi connectivity index (χ0n) is 57.2. The Bertz CT molecular complexity index is 6730. The van der Waals surface area contributed by atoms with Crippen molar-refractivity contribution < 1.29 is 0 Å². The molecule has 8 heteroatoms. The van der Waals surface area contributed by atoms with Gasteiger partial charge in [-0.1, -0.05) is 249 Å². The predicted molar refractivity (Wildman–Crippen MR) is 440 cm³/mol. The van der Waals surface area contributed by atoms with Crippen LogP contribution in [0.15, 0.2) is 352 Å². The van der Waals surface area contributed by atoms with Gasteiger partial charge in [0.1, 0.15) is 0 Å². The van der Waals surface area contributed by atoms with E-state index in [0.717, 1.165) is 161 Å². The highest BCUT2D eigenvalue weighted by Crippen LogP contribution is 2.55. The summed E-state index contributed by atoms with van der Waals surface area (Å²) in [6.45, 7) is -0.336. The van der Waals surface area contributed by atoms with E-state index in [-0.39, 0.29) is 6.71 Å². The molecule has 0 spiro atoms. The largest absolute Gasteiger partial charge is 0.310 e. The van der Waals surface area contributed by atoms with Crippen molar-refractivity contribution in [1.29, 1.82) is 10.5 Å². The van der Waals surface area contributed by atoms with E-state index < -0.39 is 0 Å². The van der Waals surface area contributed by atoms with Crippen LogP contribution in [0.2, 0.25) is 0 Å². The molecule has 0 fully saturated rings. The van der Waals surface area contributed by atoms with Gasteiger partial charge in [-0.2, -0.15) is 10.5 Å². The third kappa shape index (κ3) is 8.61. The summed E-state index contributed by atoms with van der Waals surface area (Å²) in [7, 11) is 0. The van der Waals surface area contributed by atoms with Crippen LogP contribution in [0.4, 0.5) is 34.1 Å². The first-order valence-electron chi connectivity index (χ1n) is 36.1. The van der Waals surface area contributed by atoms with Gasteiger partial charge in [0.05, 0.1) is 73.3 Å². The molecule has 0 amide bonds. The second-order valence-corrected chi connectivity index (χ2v) is 28.1. The van der Waals surface area contributed by atoms with Crippen LogP contribution in [0.5, 0.6) is 0 Å². The minimum Gasteiger partial charge on any atom is -0.310 e. The molecule has 0 saturated carbocycles. The Balaban J connectivity index is 0.921. The van der Waals surface area contributed by atoms with Crippen LogP contribution in [0.25, 0.3) is 149 Å². The molecule has 0 atom stereocenters. The number of fused-ring (bicyclic) bond motifs is 16. The number of benzene rings is 16. The quantitative estimate of drug-likeness (QED) is 0.135. The normalized spacial score (nSPS) is 12.5. The highest BCUT2D eigenvalue weighted by atomic mass is 15.2. The van der Waals surface area contributed by atoms with Gasteiger partial charge in [-0.25, -0.2) is 0 Å². The topological polar surface area (TPSA) is 68.3 Å². The molecule has 2 aliphatic heterocycles. The Morgan fingerprint density at radius 2 is 0.604 bits per heavy atom. The van der Waals surface area contributed by atoms with Crippen molar-refractivity contribution in [1.82, 2.24) is 13.5 Å². The molecular weight excluding hydrogens is 1290 g/mol. The Kier molecular flexibility index (Phi) is 12.9. The molecule has 0 radical (unpaired) electrons. The maximum atomic E-state index is 10.4. The first kappa shape index (κ1) is 59.3. The molecule has 20 aromatic rings. The van der Waals surface area contributed by atoms with Gasteiger partial charge >= 0.3 is 0 Å². The average molecular weight is 1340 g/mol. The highest BCUT2D eigenvalue weighted by Gasteiger charge is 2.46. The van der Waals surface area contributed by atoms with Crippen molar-refractivity contribution in [3.63, 3.8) is 0 Å². The Morgan fingerprint density at radius 1 is 0.245 bits per heavy atom. The van der Waals surface area contributed by atoms with Crippen molar-refractivity contribution in [2.45, 2.75) is 0 Å². The first-order valence-corrected chi connectivity index (χ1v) is 36.1. The van der Waals surface area contributed by atoms with Crippen molar-refractivity contribution in [3.05, 3.63) is 363 Å². The number of nitriles is 2. The summed E-state index contributed by atoms with van der Waals surface area (Å²) in [5.74, 6) is 0. The van der Waals surface area contributed by atoms with E-state index in [2.05, 4.69) is 363 Å². The molecule has 4 aromatic heterocycles. The molecular formula is C98H58BN7. The van der Waals surface area contributed by atoms with Crippen LogP contribution in [-0.2, 0) is 0 Å². The molecule has 6 heterocycles. The fourth-order valence-corrected chi connectivity index (χ4v) is 18.1. The van der Waals surface area contributed by atoms with Crippen LogP contribution >= 0.6 is 0 Å². The third-order valence-corrected chi connectivity index (χ3v) is 22.6. The highest BCUT2D eigenvalue weighted by molar-refractivity contribution is 7.00.